The van der Waals surface area contributed by atoms with Gasteiger partial charge in [-0.2, -0.15) is 0 Å². The minimum atomic E-state index is -0.424. The predicted molar refractivity (Wildman–Crippen MR) is 108 cm³/mol. The number of nitrogens with zero attached hydrogens (tertiary/aromatic N) is 2. The van der Waals surface area contributed by atoms with E-state index < -0.39 is 11.4 Å². The van der Waals surface area contributed by atoms with Crippen molar-refractivity contribution in [1.29, 1.82) is 0 Å². The number of aromatic nitrogens is 2. The summed E-state index contributed by atoms with van der Waals surface area (Å²) in [6, 6.07) is 8.03. The first-order chi connectivity index (χ1) is 12.8. The van der Waals surface area contributed by atoms with E-state index >= 15 is 0 Å². The van der Waals surface area contributed by atoms with E-state index in [-0.39, 0.29) is 0 Å². The fourth-order valence-corrected chi connectivity index (χ4v) is 2.73. The Labute approximate surface area is 158 Å². The van der Waals surface area contributed by atoms with E-state index in [0.717, 1.165) is 11.4 Å². The Morgan fingerprint density at radius 2 is 2.00 bits per heavy atom. The Hall–Kier alpha value is -3.41. The molecule has 0 aliphatic carbocycles. The summed E-state index contributed by atoms with van der Waals surface area (Å²) in [4.78, 5) is 0. The average Bonchev–Trinajstić information content (AvgIpc) is 2.62. The molecule has 0 spiro atoms. The number of dihydropyridines is 1. The zero-order valence-corrected chi connectivity index (χ0v) is 15.4. The number of hydrogen-bond donors (Lipinski definition) is 3. The van der Waals surface area contributed by atoms with E-state index in [2.05, 4.69) is 34.0 Å². The van der Waals surface area contributed by atoms with Crippen LogP contribution in [-0.2, 0) is 0 Å². The lowest BCUT2D eigenvalue weighted by Gasteiger charge is -2.31. The van der Waals surface area contributed by atoms with Gasteiger partial charge in [0, 0.05) is 22.7 Å². The molecular formula is C21H22FN5. The molecule has 138 valence electrons. The van der Waals surface area contributed by atoms with Gasteiger partial charge in [0.1, 0.15) is 11.6 Å². The van der Waals surface area contributed by atoms with E-state index in [1.807, 2.05) is 32.1 Å². The van der Waals surface area contributed by atoms with E-state index in [4.69, 9.17) is 5.73 Å². The maximum absolute atomic E-state index is 14.2. The number of hydrogen-bond acceptors (Lipinski definition) is 5. The second kappa shape index (κ2) is 7.07. The van der Waals surface area contributed by atoms with Crippen LogP contribution in [0.4, 0.5) is 10.2 Å². The summed E-state index contributed by atoms with van der Waals surface area (Å²) in [5.41, 5.74) is 8.83. The van der Waals surface area contributed by atoms with Crippen LogP contribution in [-0.4, -0.2) is 15.7 Å². The number of nitrogens with one attached hydrogen (secondary N) is 2. The standard InChI is InChI=1S/C21H22FN5/c1-13-6-5-7-19(24-13)21(3,4)25-20-11-10-18(26-27-20)16-12-15(14(2)23)8-9-17(16)22/h5-12,24H,1-2,23H2,3-4H3,(H,25,27). The van der Waals surface area contributed by atoms with Crippen LogP contribution in [0.5, 0.6) is 0 Å². The molecule has 6 heteroatoms. The molecular weight excluding hydrogens is 341 g/mol. The van der Waals surface area contributed by atoms with Crippen LogP contribution in [0.3, 0.4) is 0 Å². The van der Waals surface area contributed by atoms with E-state index in [1.165, 1.54) is 6.07 Å². The minimum Gasteiger partial charge on any atom is -0.399 e. The van der Waals surface area contributed by atoms with Gasteiger partial charge in [0.2, 0.25) is 0 Å². The first-order valence-corrected chi connectivity index (χ1v) is 8.47. The second-order valence-corrected chi connectivity index (χ2v) is 6.86. The van der Waals surface area contributed by atoms with Crippen LogP contribution in [0.15, 0.2) is 73.1 Å². The van der Waals surface area contributed by atoms with Gasteiger partial charge in [-0.05, 0) is 61.9 Å². The van der Waals surface area contributed by atoms with Crippen molar-refractivity contribution < 1.29 is 4.39 Å². The Kier molecular flexibility index (Phi) is 4.81. The summed E-state index contributed by atoms with van der Waals surface area (Å²) in [5, 5.41) is 14.9. The van der Waals surface area contributed by atoms with Gasteiger partial charge in [0.05, 0.1) is 11.2 Å². The monoisotopic (exact) mass is 363 g/mol. The molecule has 0 saturated carbocycles. The number of halogens is 1. The van der Waals surface area contributed by atoms with Gasteiger partial charge in [0.15, 0.2) is 0 Å². The molecule has 1 aliphatic rings. The van der Waals surface area contributed by atoms with Gasteiger partial charge in [-0.1, -0.05) is 19.2 Å². The van der Waals surface area contributed by atoms with Gasteiger partial charge in [-0.3, -0.25) is 0 Å². The first-order valence-electron chi connectivity index (χ1n) is 8.47. The topological polar surface area (TPSA) is 75.9 Å². The highest BCUT2D eigenvalue weighted by Gasteiger charge is 2.24. The van der Waals surface area contributed by atoms with Gasteiger partial charge >= 0.3 is 0 Å². The van der Waals surface area contributed by atoms with Crippen LogP contribution >= 0.6 is 0 Å². The number of anilines is 1. The molecule has 2 heterocycles. The van der Waals surface area contributed by atoms with Crippen molar-refractivity contribution >= 4 is 11.5 Å². The number of allylic oxidation sites excluding steroid dienone is 3. The molecule has 3 rings (SSSR count). The lowest BCUT2D eigenvalue weighted by Crippen LogP contribution is -2.40. The molecule has 0 bridgehead atoms. The molecule has 4 N–H and O–H groups in total. The third-order valence-corrected chi connectivity index (χ3v) is 4.25. The molecule has 5 nitrogen and oxygen atoms in total. The molecule has 1 aromatic heterocycles. The maximum atomic E-state index is 14.2. The summed E-state index contributed by atoms with van der Waals surface area (Å²) in [5.74, 6) is 0.184. The quantitative estimate of drug-likeness (QED) is 0.750. The average molecular weight is 363 g/mol. The lowest BCUT2D eigenvalue weighted by molar-refractivity contribution is 0.615. The molecule has 0 fully saturated rings. The highest BCUT2D eigenvalue weighted by atomic mass is 19.1. The number of benzene rings is 1. The molecule has 0 saturated heterocycles. The molecule has 1 aromatic carbocycles. The van der Waals surface area contributed by atoms with Crippen LogP contribution < -0.4 is 16.4 Å². The first kappa shape index (κ1) is 18.4. The zero-order chi connectivity index (χ0) is 19.6. The smallest absolute Gasteiger partial charge is 0.149 e. The third-order valence-electron chi connectivity index (χ3n) is 4.25. The normalized spacial score (nSPS) is 13.7. The van der Waals surface area contributed by atoms with Crippen molar-refractivity contribution in [2.24, 2.45) is 5.73 Å². The van der Waals surface area contributed by atoms with Crippen LogP contribution in [0.2, 0.25) is 0 Å². The Morgan fingerprint density at radius 3 is 2.63 bits per heavy atom. The van der Waals surface area contributed by atoms with Gasteiger partial charge < -0.3 is 16.4 Å². The van der Waals surface area contributed by atoms with E-state index in [9.17, 15) is 4.39 Å². The molecule has 0 unspecified atom stereocenters. The Morgan fingerprint density at radius 1 is 1.22 bits per heavy atom. The number of nitrogens with two attached hydrogens (primary N) is 1. The summed E-state index contributed by atoms with van der Waals surface area (Å²) in [6.45, 7) is 11.6. The maximum Gasteiger partial charge on any atom is 0.149 e. The molecule has 0 amide bonds. The molecule has 1 aliphatic heterocycles. The summed E-state index contributed by atoms with van der Waals surface area (Å²) in [6.07, 6.45) is 5.81. The third kappa shape index (κ3) is 4.06. The van der Waals surface area contributed by atoms with Crippen LogP contribution in [0.1, 0.15) is 19.4 Å². The predicted octanol–water partition coefficient (Wildman–Crippen LogP) is 3.96. The minimum absolute atomic E-state index is 0.329. The van der Waals surface area contributed by atoms with Crippen molar-refractivity contribution in [1.82, 2.24) is 15.5 Å². The van der Waals surface area contributed by atoms with Crippen LogP contribution in [0.25, 0.3) is 17.0 Å². The SMILES string of the molecule is C=C1C=CC=C(C(C)(C)Nc2ccc(-c3cc(C(=C)N)ccc3F)nn2)N1. The zero-order valence-electron chi connectivity index (χ0n) is 15.4. The Balaban J connectivity index is 1.83. The van der Waals surface area contributed by atoms with Gasteiger partial charge in [0.25, 0.3) is 0 Å². The van der Waals surface area contributed by atoms with Crippen LogP contribution in [0, 0.1) is 5.82 Å². The highest BCUT2D eigenvalue weighted by molar-refractivity contribution is 5.69. The fourth-order valence-electron chi connectivity index (χ4n) is 2.73. The largest absolute Gasteiger partial charge is 0.399 e. The van der Waals surface area contributed by atoms with Gasteiger partial charge in [-0.25, -0.2) is 4.39 Å². The van der Waals surface area contributed by atoms with E-state index in [0.29, 0.717) is 28.3 Å². The van der Waals surface area contributed by atoms with Crippen molar-refractivity contribution in [3.05, 3.63) is 84.5 Å². The second-order valence-electron chi connectivity index (χ2n) is 6.86. The molecule has 27 heavy (non-hydrogen) atoms. The lowest BCUT2D eigenvalue weighted by atomic mass is 9.98. The van der Waals surface area contributed by atoms with Gasteiger partial charge in [-0.15, -0.1) is 10.2 Å². The van der Waals surface area contributed by atoms with Crippen molar-refractivity contribution in [2.75, 3.05) is 5.32 Å². The van der Waals surface area contributed by atoms with E-state index in [1.54, 1.807) is 24.3 Å². The molecule has 0 radical (unpaired) electrons. The summed E-state index contributed by atoms with van der Waals surface area (Å²) >= 11 is 0. The summed E-state index contributed by atoms with van der Waals surface area (Å²) < 4.78 is 14.2. The van der Waals surface area contributed by atoms with Crippen molar-refractivity contribution in [2.45, 2.75) is 19.4 Å². The highest BCUT2D eigenvalue weighted by Crippen LogP contribution is 2.26. The van der Waals surface area contributed by atoms with Crippen molar-refractivity contribution in [3.8, 4) is 11.3 Å². The molecule has 2 aromatic rings. The molecule has 0 atom stereocenters. The Bertz CT molecular complexity index is 955. The fraction of sp³-hybridized carbons (Fsp3) is 0.143. The van der Waals surface area contributed by atoms with Crippen molar-refractivity contribution in [3.63, 3.8) is 0 Å². The number of rotatable bonds is 5. The summed E-state index contributed by atoms with van der Waals surface area (Å²) in [7, 11) is 0.